The van der Waals surface area contributed by atoms with Crippen LogP contribution in [-0.2, 0) is 0 Å². The van der Waals surface area contributed by atoms with Crippen LogP contribution in [0.25, 0.3) is 0 Å². The third-order valence-corrected chi connectivity index (χ3v) is 4.03. The monoisotopic (exact) mass is 269 g/mol. The van der Waals surface area contributed by atoms with Crippen molar-refractivity contribution in [1.29, 1.82) is 0 Å². The van der Waals surface area contributed by atoms with E-state index in [1.54, 1.807) is 0 Å². The Morgan fingerprint density at radius 3 is 2.11 bits per heavy atom. The third-order valence-electron chi connectivity index (χ3n) is 4.03. The Labute approximate surface area is 112 Å². The Morgan fingerprint density at radius 2 is 1.63 bits per heavy atom. The molecule has 19 heavy (non-hydrogen) atoms. The molecule has 0 radical (unpaired) electrons. The largest absolute Gasteiger partial charge is 0.497 e. The molecule has 0 spiro atoms. The molecule has 0 bridgehead atoms. The van der Waals surface area contributed by atoms with Crippen molar-refractivity contribution in [2.45, 2.75) is 44.6 Å². The fourth-order valence-corrected chi connectivity index (χ4v) is 2.90. The highest BCUT2D eigenvalue weighted by molar-refractivity contribution is 5.32. The molecule has 2 rings (SSSR count). The van der Waals surface area contributed by atoms with Gasteiger partial charge in [-0.3, -0.25) is 0 Å². The zero-order chi connectivity index (χ0) is 13.8. The second-order valence-electron chi connectivity index (χ2n) is 5.28. The van der Waals surface area contributed by atoms with E-state index in [0.29, 0.717) is 0 Å². The van der Waals surface area contributed by atoms with Gasteiger partial charge in [-0.15, -0.1) is 0 Å². The minimum absolute atomic E-state index is 0.00713. The maximum Gasteiger partial charge on any atom is 0.134 e. The van der Waals surface area contributed by atoms with E-state index >= 15 is 0 Å². The number of hydrogen-bond donors (Lipinski definition) is 1. The van der Waals surface area contributed by atoms with Gasteiger partial charge in [0.1, 0.15) is 17.4 Å². The lowest BCUT2D eigenvalue weighted by atomic mass is 9.87. The zero-order valence-electron chi connectivity index (χ0n) is 11.3. The fraction of sp³-hybridized carbons (Fsp3) is 0.600. The molecule has 0 amide bonds. The molecule has 1 atom stereocenters. The average molecular weight is 269 g/mol. The Kier molecular flexibility index (Phi) is 4.75. The quantitative estimate of drug-likeness (QED) is 0.843. The van der Waals surface area contributed by atoms with Crippen molar-refractivity contribution in [1.82, 2.24) is 0 Å². The van der Waals surface area contributed by atoms with Gasteiger partial charge >= 0.3 is 0 Å². The van der Waals surface area contributed by atoms with Crippen LogP contribution in [0.4, 0.5) is 8.78 Å². The van der Waals surface area contributed by atoms with Crippen molar-refractivity contribution in [2.24, 2.45) is 11.7 Å². The van der Waals surface area contributed by atoms with Gasteiger partial charge in [0.05, 0.1) is 7.11 Å². The van der Waals surface area contributed by atoms with Crippen LogP contribution in [0.15, 0.2) is 12.1 Å². The van der Waals surface area contributed by atoms with Gasteiger partial charge in [0.25, 0.3) is 0 Å². The molecule has 0 aromatic heterocycles. The molecular formula is C15H21F2NO. The normalized spacial score (nSPS) is 18.9. The zero-order valence-corrected chi connectivity index (χ0v) is 11.3. The second kappa shape index (κ2) is 6.33. The van der Waals surface area contributed by atoms with Crippen LogP contribution in [0.5, 0.6) is 5.75 Å². The Morgan fingerprint density at radius 1 is 1.11 bits per heavy atom. The molecule has 1 aromatic carbocycles. The summed E-state index contributed by atoms with van der Waals surface area (Å²) in [4.78, 5) is 0. The molecule has 1 saturated carbocycles. The molecule has 1 aliphatic carbocycles. The van der Waals surface area contributed by atoms with Gasteiger partial charge in [0.15, 0.2) is 0 Å². The Balaban J connectivity index is 2.24. The molecule has 1 unspecified atom stereocenters. The smallest absolute Gasteiger partial charge is 0.134 e. The number of hydrogen-bond acceptors (Lipinski definition) is 2. The Hall–Kier alpha value is -1.16. The van der Waals surface area contributed by atoms with E-state index < -0.39 is 17.7 Å². The van der Waals surface area contributed by atoms with E-state index in [1.165, 1.54) is 32.1 Å². The van der Waals surface area contributed by atoms with E-state index in [0.717, 1.165) is 25.7 Å². The number of benzene rings is 1. The maximum absolute atomic E-state index is 14.0. The summed E-state index contributed by atoms with van der Waals surface area (Å²) in [6.45, 7) is 0. The van der Waals surface area contributed by atoms with E-state index in [9.17, 15) is 8.78 Å². The summed E-state index contributed by atoms with van der Waals surface area (Å²) in [5, 5.41) is 0. The highest BCUT2D eigenvalue weighted by Crippen LogP contribution is 2.35. The summed E-state index contributed by atoms with van der Waals surface area (Å²) >= 11 is 0. The molecule has 1 fully saturated rings. The van der Waals surface area contributed by atoms with Gasteiger partial charge in [-0.25, -0.2) is 8.78 Å². The average Bonchev–Trinajstić information content (AvgIpc) is 2.66. The van der Waals surface area contributed by atoms with Crippen LogP contribution >= 0.6 is 0 Å². The van der Waals surface area contributed by atoms with Crippen LogP contribution in [-0.4, -0.2) is 7.11 Å². The number of rotatable bonds is 3. The van der Waals surface area contributed by atoms with E-state index in [2.05, 4.69) is 0 Å². The molecule has 1 aromatic rings. The Bertz CT molecular complexity index is 405. The molecule has 0 saturated heterocycles. The number of nitrogens with two attached hydrogens (primary N) is 1. The maximum atomic E-state index is 14.0. The first-order valence-corrected chi connectivity index (χ1v) is 6.92. The predicted molar refractivity (Wildman–Crippen MR) is 71.0 cm³/mol. The van der Waals surface area contributed by atoms with Crippen molar-refractivity contribution < 1.29 is 13.5 Å². The summed E-state index contributed by atoms with van der Waals surface area (Å²) in [6, 6.07) is 1.84. The van der Waals surface area contributed by atoms with Crippen LogP contribution < -0.4 is 10.5 Å². The topological polar surface area (TPSA) is 35.2 Å². The molecule has 0 aliphatic heterocycles. The lowest BCUT2D eigenvalue weighted by molar-refractivity contribution is 0.357. The van der Waals surface area contributed by atoms with E-state index in [-0.39, 0.29) is 17.2 Å². The summed E-state index contributed by atoms with van der Waals surface area (Å²) in [5.74, 6) is -0.853. The van der Waals surface area contributed by atoms with Crippen molar-refractivity contribution >= 4 is 0 Å². The van der Waals surface area contributed by atoms with Gasteiger partial charge in [0, 0.05) is 23.7 Å². The molecule has 4 heteroatoms. The minimum Gasteiger partial charge on any atom is -0.497 e. The van der Waals surface area contributed by atoms with Crippen LogP contribution in [0.1, 0.15) is 50.1 Å². The van der Waals surface area contributed by atoms with Crippen molar-refractivity contribution in [3.63, 3.8) is 0 Å². The van der Waals surface area contributed by atoms with Crippen molar-refractivity contribution in [2.75, 3.05) is 7.11 Å². The summed E-state index contributed by atoms with van der Waals surface area (Å²) in [5.41, 5.74) is 6.12. The minimum atomic E-state index is -0.603. The summed E-state index contributed by atoms with van der Waals surface area (Å²) in [6.07, 6.45) is 6.47. The van der Waals surface area contributed by atoms with Gasteiger partial charge in [-0.1, -0.05) is 25.7 Å². The molecule has 0 heterocycles. The predicted octanol–water partition coefficient (Wildman–Crippen LogP) is 3.94. The molecule has 2 N–H and O–H groups in total. The van der Waals surface area contributed by atoms with E-state index in [1.807, 2.05) is 0 Å². The van der Waals surface area contributed by atoms with E-state index in [4.69, 9.17) is 10.5 Å². The van der Waals surface area contributed by atoms with Crippen LogP contribution in [0.3, 0.4) is 0 Å². The van der Waals surface area contributed by atoms with Gasteiger partial charge in [0.2, 0.25) is 0 Å². The second-order valence-corrected chi connectivity index (χ2v) is 5.28. The van der Waals surface area contributed by atoms with Crippen molar-refractivity contribution in [3.8, 4) is 5.75 Å². The number of halogens is 2. The first kappa shape index (κ1) is 14.3. The molecular weight excluding hydrogens is 248 g/mol. The molecule has 2 nitrogen and oxygen atoms in total. The van der Waals surface area contributed by atoms with Gasteiger partial charge in [-0.05, 0) is 18.8 Å². The number of ether oxygens (including phenoxy) is 1. The summed E-state index contributed by atoms with van der Waals surface area (Å²) < 4.78 is 32.9. The summed E-state index contributed by atoms with van der Waals surface area (Å²) in [7, 11) is 1.39. The lowest BCUT2D eigenvalue weighted by Crippen LogP contribution is -2.23. The van der Waals surface area contributed by atoms with Gasteiger partial charge < -0.3 is 10.5 Å². The van der Waals surface area contributed by atoms with Crippen molar-refractivity contribution in [3.05, 3.63) is 29.3 Å². The first-order valence-electron chi connectivity index (χ1n) is 6.92. The highest BCUT2D eigenvalue weighted by atomic mass is 19.1. The molecule has 1 aliphatic rings. The highest BCUT2D eigenvalue weighted by Gasteiger charge is 2.26. The lowest BCUT2D eigenvalue weighted by Gasteiger charge is -2.23. The first-order chi connectivity index (χ1) is 9.13. The standard InChI is InChI=1S/C15H21F2NO/c1-19-11-8-12(16)14(13(17)9-11)15(18)10-6-4-2-3-5-7-10/h8-10,15H,2-7,18H2,1H3. The molecule has 106 valence electrons. The third kappa shape index (κ3) is 3.24. The fourth-order valence-electron chi connectivity index (χ4n) is 2.90. The van der Waals surface area contributed by atoms with Crippen LogP contribution in [0.2, 0.25) is 0 Å². The van der Waals surface area contributed by atoms with Crippen LogP contribution in [0, 0.1) is 17.6 Å². The number of methoxy groups -OCH3 is 1. The SMILES string of the molecule is COc1cc(F)c(C(N)C2CCCCCC2)c(F)c1. The van der Waals surface area contributed by atoms with Gasteiger partial charge in [-0.2, -0.15) is 0 Å².